The van der Waals surface area contributed by atoms with Gasteiger partial charge in [-0.1, -0.05) is 60.9 Å². The Balaban J connectivity index is 0.000000350. The van der Waals surface area contributed by atoms with E-state index in [1.54, 1.807) is 5.30 Å². The van der Waals surface area contributed by atoms with E-state index in [4.69, 9.17) is 15.2 Å². The van der Waals surface area contributed by atoms with Crippen LogP contribution in [0, 0.1) is 6.07 Å². The summed E-state index contributed by atoms with van der Waals surface area (Å²) in [6.07, 6.45) is 14.5. The van der Waals surface area contributed by atoms with Crippen LogP contribution >= 0.6 is 20.3 Å². The molecule has 0 spiro atoms. The molecule has 3 nitrogen and oxygen atoms in total. The second kappa shape index (κ2) is 20.4. The van der Waals surface area contributed by atoms with E-state index in [2.05, 4.69) is 76.2 Å². The number of hydrogen-bond acceptors (Lipinski definition) is 3. The normalized spacial score (nSPS) is 15.2. The molecule has 0 bridgehead atoms. The van der Waals surface area contributed by atoms with E-state index in [1.807, 2.05) is 48.5 Å². The third-order valence-electron chi connectivity index (χ3n) is 9.27. The summed E-state index contributed by atoms with van der Waals surface area (Å²) in [4.78, 5) is 0. The Morgan fingerprint density at radius 1 is 0.625 bits per heavy atom. The number of benzene rings is 4. The van der Waals surface area contributed by atoms with Crippen LogP contribution in [-0.2, 0) is 20.4 Å². The van der Waals surface area contributed by atoms with Crippen molar-refractivity contribution in [2.24, 2.45) is 0 Å². The number of nitrogens with two attached hydrogens (primary N) is 1. The van der Waals surface area contributed by atoms with Crippen molar-refractivity contribution in [1.29, 1.82) is 0 Å². The molecule has 262 valence electrons. The van der Waals surface area contributed by atoms with Crippen molar-refractivity contribution < 1.29 is 29.9 Å². The fraction of sp³-hybridized carbons (Fsp3) is 0.429. The summed E-state index contributed by atoms with van der Waals surface area (Å²) < 4.78 is 12.8. The molecule has 6 rings (SSSR count). The standard InChI is InChI=1S/C30H43O2P.C12H10N.ClH.Pd/c1-22(2)31-27-19-13-20-28(32-23(3)4)30(27)26-18-11-12-21-29(26)33(24-14-7-5-8-15-24)25-16-9-6-10-17-25;13-12-9-5-4-8-11(12)10-6-2-1-3-7-10;;/h11-13,18-25H,5-10,14-17H2,1-4H3;1-6,8-9H,13H2;1H;/q;-1;;/p+1. The van der Waals surface area contributed by atoms with Gasteiger partial charge in [-0.15, -0.1) is 48.3 Å². The predicted octanol–water partition coefficient (Wildman–Crippen LogP) is 11.6. The van der Waals surface area contributed by atoms with E-state index in [0.29, 0.717) is 0 Å². The first-order valence-corrected chi connectivity index (χ1v) is 19.3. The molecule has 2 aliphatic rings. The number of nitrogen functional groups attached to an aromatic ring is 1. The zero-order valence-corrected chi connectivity index (χ0v) is 32.5. The van der Waals surface area contributed by atoms with Crippen molar-refractivity contribution in [3.05, 3.63) is 97.1 Å². The van der Waals surface area contributed by atoms with Crippen LogP contribution in [-0.4, -0.2) is 23.5 Å². The number of para-hydroxylation sites is 1. The first-order chi connectivity index (χ1) is 22.4. The summed E-state index contributed by atoms with van der Waals surface area (Å²) in [5.41, 5.74) is 13.1. The first-order valence-electron chi connectivity index (χ1n) is 17.7. The molecule has 0 radical (unpaired) electrons. The van der Waals surface area contributed by atoms with Crippen LogP contribution in [0.2, 0.25) is 0 Å². The molecular formula is C42H55ClNO2PPd. The molecule has 2 fully saturated rings. The van der Waals surface area contributed by atoms with Gasteiger partial charge in [0.05, 0.1) is 29.1 Å². The smallest absolute Gasteiger partial charge is 0.131 e. The van der Waals surface area contributed by atoms with E-state index in [-0.39, 0.29) is 45.0 Å². The maximum Gasteiger partial charge on any atom is 0.131 e. The monoisotopic (exact) mass is 777 g/mol. The minimum Gasteiger partial charge on any atom is -0.490 e. The quantitative estimate of drug-likeness (QED) is 0.0797. The Kier molecular flexibility index (Phi) is 17.0. The molecule has 0 atom stereocenters. The van der Waals surface area contributed by atoms with E-state index in [9.17, 15) is 0 Å². The zero-order valence-electron chi connectivity index (χ0n) is 29.2. The number of anilines is 1. The molecule has 0 heterocycles. The van der Waals surface area contributed by atoms with Gasteiger partial charge in [-0.2, -0.15) is 0 Å². The molecule has 4 aromatic rings. The van der Waals surface area contributed by atoms with Crippen molar-refractivity contribution in [3.8, 4) is 33.8 Å². The van der Waals surface area contributed by atoms with E-state index in [1.165, 1.54) is 75.3 Å². The van der Waals surface area contributed by atoms with Crippen molar-refractivity contribution in [1.82, 2.24) is 0 Å². The number of rotatable bonds is 9. The summed E-state index contributed by atoms with van der Waals surface area (Å²) in [6.45, 7) is 8.46. The number of halogens is 1. The van der Waals surface area contributed by atoms with Gasteiger partial charge in [-0.25, -0.2) is 0 Å². The van der Waals surface area contributed by atoms with E-state index >= 15 is 0 Å². The van der Waals surface area contributed by atoms with Gasteiger partial charge in [0.15, 0.2) is 0 Å². The summed E-state index contributed by atoms with van der Waals surface area (Å²) in [5, 5.41) is 1.63. The van der Waals surface area contributed by atoms with Crippen LogP contribution in [0.4, 0.5) is 5.69 Å². The third kappa shape index (κ3) is 10.8. The van der Waals surface area contributed by atoms with Gasteiger partial charge in [-0.05, 0) is 109 Å². The Morgan fingerprint density at radius 2 is 1.12 bits per heavy atom. The van der Waals surface area contributed by atoms with Crippen LogP contribution in [0.3, 0.4) is 0 Å². The fourth-order valence-corrected chi connectivity index (χ4v) is 11.8. The van der Waals surface area contributed by atoms with Gasteiger partial charge in [-0.3, -0.25) is 0 Å². The molecule has 4 aromatic carbocycles. The molecule has 0 unspecified atom stereocenters. The van der Waals surface area contributed by atoms with Gasteiger partial charge < -0.3 is 15.2 Å². The van der Waals surface area contributed by atoms with Crippen LogP contribution in [0.5, 0.6) is 11.5 Å². The second-order valence-corrected chi connectivity index (χ2v) is 16.6. The minimum atomic E-state index is -0.700. The first kappa shape index (κ1) is 40.1. The average Bonchev–Trinajstić information content (AvgIpc) is 3.07. The number of ether oxygens (including phenoxy) is 2. The van der Waals surface area contributed by atoms with Crippen molar-refractivity contribution >= 4 is 31.3 Å². The molecule has 0 aromatic heterocycles. The number of hydrogen-bond donors (Lipinski definition) is 1. The van der Waals surface area contributed by atoms with E-state index < -0.39 is 7.92 Å². The summed E-state index contributed by atoms with van der Waals surface area (Å²) >= 11 is 0. The molecule has 0 aliphatic heterocycles. The molecule has 0 amide bonds. The Labute approximate surface area is 311 Å². The molecule has 2 saturated carbocycles. The topological polar surface area (TPSA) is 44.5 Å². The van der Waals surface area contributed by atoms with Gasteiger partial charge in [0.25, 0.3) is 0 Å². The fourth-order valence-electron chi connectivity index (χ4n) is 7.34. The second-order valence-electron chi connectivity index (χ2n) is 13.5. The molecule has 2 N–H and O–H groups in total. The van der Waals surface area contributed by atoms with E-state index in [0.717, 1.165) is 39.6 Å². The van der Waals surface area contributed by atoms with Crippen LogP contribution < -0.4 is 20.5 Å². The predicted molar refractivity (Wildman–Crippen MR) is 207 cm³/mol. The Bertz CT molecular complexity index is 1460. The van der Waals surface area contributed by atoms with Crippen LogP contribution in [0.25, 0.3) is 22.3 Å². The largest absolute Gasteiger partial charge is 0.490 e. The Morgan fingerprint density at radius 3 is 1.62 bits per heavy atom. The molecule has 2 aliphatic carbocycles. The van der Waals surface area contributed by atoms with Crippen molar-refractivity contribution in [2.45, 2.75) is 115 Å². The third-order valence-corrected chi connectivity index (χ3v) is 13.2. The zero-order chi connectivity index (χ0) is 32.3. The summed E-state index contributed by atoms with van der Waals surface area (Å²) in [6, 6.07) is 34.4. The summed E-state index contributed by atoms with van der Waals surface area (Å²) in [7, 11) is -0.700. The SMILES string of the molecule is CC(C)Oc1cccc(OC(C)C)c1-c1ccccc1[PH+](C1CCCCC1)C1CCCCC1.Cl.Nc1ccccc1-c1[c-]cccc1.[Pd]. The van der Waals surface area contributed by atoms with Gasteiger partial charge in [0, 0.05) is 33.9 Å². The molecule has 6 heteroatoms. The van der Waals surface area contributed by atoms with Gasteiger partial charge >= 0.3 is 0 Å². The molecular weight excluding hydrogens is 723 g/mol. The Hall–Kier alpha value is -2.34. The maximum atomic E-state index is 6.38. The minimum absolute atomic E-state index is 0. The van der Waals surface area contributed by atoms with Gasteiger partial charge in [0.2, 0.25) is 0 Å². The summed E-state index contributed by atoms with van der Waals surface area (Å²) in [5.74, 6) is 1.92. The van der Waals surface area contributed by atoms with Crippen molar-refractivity contribution in [2.75, 3.05) is 5.73 Å². The van der Waals surface area contributed by atoms with Crippen molar-refractivity contribution in [3.63, 3.8) is 0 Å². The van der Waals surface area contributed by atoms with Crippen LogP contribution in [0.15, 0.2) is 91.0 Å². The average molecular weight is 779 g/mol. The molecule has 48 heavy (non-hydrogen) atoms. The van der Waals surface area contributed by atoms with Gasteiger partial charge in [0.1, 0.15) is 16.8 Å². The molecule has 0 saturated heterocycles. The van der Waals surface area contributed by atoms with Crippen LogP contribution in [0.1, 0.15) is 91.9 Å². The maximum absolute atomic E-state index is 6.38.